The number of benzene rings is 1. The SMILES string of the molecule is Cc1c(NC(C)C(=O)O)cccc1C(=O)O. The minimum absolute atomic E-state index is 0.169. The minimum Gasteiger partial charge on any atom is -0.480 e. The number of anilines is 1. The largest absolute Gasteiger partial charge is 0.480 e. The number of aromatic carboxylic acids is 1. The van der Waals surface area contributed by atoms with Crippen LogP contribution in [0.2, 0.25) is 0 Å². The molecule has 1 aromatic carbocycles. The average Bonchev–Trinajstić information content (AvgIpc) is 2.20. The van der Waals surface area contributed by atoms with Gasteiger partial charge < -0.3 is 15.5 Å². The van der Waals surface area contributed by atoms with E-state index in [1.54, 1.807) is 19.1 Å². The van der Waals surface area contributed by atoms with Crippen molar-refractivity contribution in [3.63, 3.8) is 0 Å². The minimum atomic E-state index is -1.02. The molecular formula is C11H13NO4. The average molecular weight is 223 g/mol. The van der Waals surface area contributed by atoms with Crippen molar-refractivity contribution in [2.75, 3.05) is 5.32 Å². The van der Waals surface area contributed by atoms with Gasteiger partial charge in [-0.1, -0.05) is 6.07 Å². The lowest BCUT2D eigenvalue weighted by molar-refractivity contribution is -0.137. The Bertz CT molecular complexity index is 428. The molecule has 3 N–H and O–H groups in total. The van der Waals surface area contributed by atoms with Crippen LogP contribution in [-0.4, -0.2) is 28.2 Å². The summed E-state index contributed by atoms with van der Waals surface area (Å²) >= 11 is 0. The van der Waals surface area contributed by atoms with Gasteiger partial charge in [0.15, 0.2) is 0 Å². The van der Waals surface area contributed by atoms with E-state index in [-0.39, 0.29) is 5.56 Å². The van der Waals surface area contributed by atoms with Crippen molar-refractivity contribution in [2.45, 2.75) is 19.9 Å². The molecule has 1 rings (SSSR count). The van der Waals surface area contributed by atoms with Crippen molar-refractivity contribution in [2.24, 2.45) is 0 Å². The second-order valence-corrected chi connectivity index (χ2v) is 3.49. The highest BCUT2D eigenvalue weighted by atomic mass is 16.4. The molecule has 0 heterocycles. The monoisotopic (exact) mass is 223 g/mol. The molecule has 0 spiro atoms. The van der Waals surface area contributed by atoms with Crippen LogP contribution in [0.4, 0.5) is 5.69 Å². The van der Waals surface area contributed by atoms with Crippen molar-refractivity contribution in [3.8, 4) is 0 Å². The smallest absolute Gasteiger partial charge is 0.336 e. The molecular weight excluding hydrogens is 210 g/mol. The van der Waals surface area contributed by atoms with Gasteiger partial charge in [-0.3, -0.25) is 4.79 Å². The van der Waals surface area contributed by atoms with Crippen molar-refractivity contribution in [1.82, 2.24) is 0 Å². The van der Waals surface area contributed by atoms with E-state index in [1.807, 2.05) is 0 Å². The molecule has 0 amide bonds. The van der Waals surface area contributed by atoms with Gasteiger partial charge in [0.05, 0.1) is 5.56 Å². The van der Waals surface area contributed by atoms with E-state index in [0.717, 1.165) is 0 Å². The summed E-state index contributed by atoms with van der Waals surface area (Å²) in [5.74, 6) is -2.01. The number of aliphatic carboxylic acids is 1. The summed E-state index contributed by atoms with van der Waals surface area (Å²) in [7, 11) is 0. The first-order chi connectivity index (χ1) is 7.43. The Balaban J connectivity index is 3.02. The normalized spacial score (nSPS) is 11.9. The van der Waals surface area contributed by atoms with Gasteiger partial charge in [-0.25, -0.2) is 4.79 Å². The van der Waals surface area contributed by atoms with Crippen molar-refractivity contribution in [3.05, 3.63) is 29.3 Å². The van der Waals surface area contributed by atoms with Crippen LogP contribution in [-0.2, 0) is 4.79 Å². The van der Waals surface area contributed by atoms with E-state index in [0.29, 0.717) is 11.3 Å². The Labute approximate surface area is 92.7 Å². The molecule has 5 nitrogen and oxygen atoms in total. The summed E-state index contributed by atoms with van der Waals surface area (Å²) < 4.78 is 0. The van der Waals surface area contributed by atoms with Crippen LogP contribution < -0.4 is 5.32 Å². The molecule has 0 saturated heterocycles. The lowest BCUT2D eigenvalue weighted by Gasteiger charge is -2.14. The molecule has 86 valence electrons. The fraction of sp³-hybridized carbons (Fsp3) is 0.273. The third-order valence-electron chi connectivity index (χ3n) is 2.31. The van der Waals surface area contributed by atoms with Crippen LogP contribution in [0.15, 0.2) is 18.2 Å². The van der Waals surface area contributed by atoms with Gasteiger partial charge >= 0.3 is 11.9 Å². The first-order valence-corrected chi connectivity index (χ1v) is 4.75. The highest BCUT2D eigenvalue weighted by Gasteiger charge is 2.14. The molecule has 0 aliphatic heterocycles. The Morgan fingerprint density at radius 1 is 1.31 bits per heavy atom. The van der Waals surface area contributed by atoms with Crippen molar-refractivity contribution < 1.29 is 19.8 Å². The number of carbonyl (C=O) groups is 2. The molecule has 0 aliphatic rings. The Morgan fingerprint density at radius 2 is 1.94 bits per heavy atom. The molecule has 0 bridgehead atoms. The molecule has 0 saturated carbocycles. The summed E-state index contributed by atoms with van der Waals surface area (Å²) in [5.41, 5.74) is 1.22. The fourth-order valence-corrected chi connectivity index (χ4v) is 1.32. The van der Waals surface area contributed by atoms with E-state index >= 15 is 0 Å². The molecule has 0 radical (unpaired) electrons. The fourth-order valence-electron chi connectivity index (χ4n) is 1.32. The molecule has 0 fully saturated rings. The first kappa shape index (κ1) is 12.0. The van der Waals surface area contributed by atoms with Gasteiger partial charge in [0.25, 0.3) is 0 Å². The number of hydrogen-bond donors (Lipinski definition) is 3. The van der Waals surface area contributed by atoms with E-state index in [4.69, 9.17) is 10.2 Å². The van der Waals surface area contributed by atoms with Crippen molar-refractivity contribution >= 4 is 17.6 Å². The second kappa shape index (κ2) is 4.65. The van der Waals surface area contributed by atoms with Crippen LogP contribution in [0.5, 0.6) is 0 Å². The molecule has 1 atom stereocenters. The number of carboxylic acids is 2. The molecule has 0 aliphatic carbocycles. The zero-order valence-corrected chi connectivity index (χ0v) is 9.02. The summed E-state index contributed by atoms with van der Waals surface area (Å²) in [6.45, 7) is 3.13. The van der Waals surface area contributed by atoms with Crippen LogP contribution in [0.3, 0.4) is 0 Å². The number of hydrogen-bond acceptors (Lipinski definition) is 3. The van der Waals surface area contributed by atoms with Crippen molar-refractivity contribution in [1.29, 1.82) is 0 Å². The summed E-state index contributed by atoms with van der Waals surface area (Å²) in [6, 6.07) is 3.95. The maximum absolute atomic E-state index is 10.8. The first-order valence-electron chi connectivity index (χ1n) is 4.75. The number of rotatable bonds is 4. The zero-order valence-electron chi connectivity index (χ0n) is 9.02. The highest BCUT2D eigenvalue weighted by Crippen LogP contribution is 2.19. The van der Waals surface area contributed by atoms with Gasteiger partial charge in [0.1, 0.15) is 6.04 Å². The highest BCUT2D eigenvalue weighted by molar-refractivity contribution is 5.91. The van der Waals surface area contributed by atoms with E-state index in [1.165, 1.54) is 13.0 Å². The Kier molecular flexibility index (Phi) is 3.50. The number of nitrogens with one attached hydrogen (secondary N) is 1. The maximum atomic E-state index is 10.8. The summed E-state index contributed by atoms with van der Waals surface area (Å²) in [5, 5.41) is 20.4. The lowest BCUT2D eigenvalue weighted by atomic mass is 10.1. The van der Waals surface area contributed by atoms with Crippen LogP contribution in [0, 0.1) is 6.92 Å². The molecule has 0 aromatic heterocycles. The van der Waals surface area contributed by atoms with E-state index < -0.39 is 18.0 Å². The molecule has 16 heavy (non-hydrogen) atoms. The van der Waals surface area contributed by atoms with Gasteiger partial charge in [0.2, 0.25) is 0 Å². The van der Waals surface area contributed by atoms with Crippen LogP contribution >= 0.6 is 0 Å². The Hall–Kier alpha value is -2.04. The molecule has 1 aromatic rings. The van der Waals surface area contributed by atoms with Gasteiger partial charge in [-0.15, -0.1) is 0 Å². The Morgan fingerprint density at radius 3 is 2.44 bits per heavy atom. The van der Waals surface area contributed by atoms with Gasteiger partial charge in [-0.05, 0) is 31.5 Å². The number of carboxylic acid groups (broad SMARTS) is 2. The topological polar surface area (TPSA) is 86.6 Å². The van der Waals surface area contributed by atoms with Crippen LogP contribution in [0.1, 0.15) is 22.8 Å². The zero-order chi connectivity index (χ0) is 12.3. The standard InChI is InChI=1S/C11H13NO4/c1-6-8(11(15)16)4-3-5-9(6)12-7(2)10(13)14/h3-5,7,12H,1-2H3,(H,13,14)(H,15,16). The lowest BCUT2D eigenvalue weighted by Crippen LogP contribution is -2.26. The third-order valence-corrected chi connectivity index (χ3v) is 2.31. The van der Waals surface area contributed by atoms with E-state index in [9.17, 15) is 9.59 Å². The molecule has 1 unspecified atom stereocenters. The van der Waals surface area contributed by atoms with E-state index in [2.05, 4.69) is 5.32 Å². The third kappa shape index (κ3) is 2.50. The summed E-state index contributed by atoms with van der Waals surface area (Å²) in [6.07, 6.45) is 0. The summed E-state index contributed by atoms with van der Waals surface area (Å²) in [4.78, 5) is 21.5. The van der Waals surface area contributed by atoms with Gasteiger partial charge in [-0.2, -0.15) is 0 Å². The van der Waals surface area contributed by atoms with Gasteiger partial charge in [0, 0.05) is 5.69 Å². The maximum Gasteiger partial charge on any atom is 0.336 e. The van der Waals surface area contributed by atoms with Crippen LogP contribution in [0.25, 0.3) is 0 Å². The molecule has 5 heteroatoms. The second-order valence-electron chi connectivity index (χ2n) is 3.49. The predicted octanol–water partition coefficient (Wildman–Crippen LogP) is 1.58. The predicted molar refractivity (Wildman–Crippen MR) is 58.9 cm³/mol. The quantitative estimate of drug-likeness (QED) is 0.721.